The summed E-state index contributed by atoms with van der Waals surface area (Å²) in [5, 5.41) is 3.00. The van der Waals surface area contributed by atoms with Crippen LogP contribution in [0.3, 0.4) is 0 Å². The highest BCUT2D eigenvalue weighted by Gasteiger charge is 2.14. The predicted octanol–water partition coefficient (Wildman–Crippen LogP) is 3.66. The molecule has 2 heterocycles. The maximum atomic E-state index is 12.3. The summed E-state index contributed by atoms with van der Waals surface area (Å²) >= 11 is 0. The molecule has 0 aliphatic carbocycles. The molecule has 2 aliphatic heterocycles. The summed E-state index contributed by atoms with van der Waals surface area (Å²) in [4.78, 5) is 14.8. The van der Waals surface area contributed by atoms with Gasteiger partial charge in [0.1, 0.15) is 0 Å². The Morgan fingerprint density at radius 1 is 1.08 bits per heavy atom. The van der Waals surface area contributed by atoms with E-state index in [0.717, 1.165) is 42.2 Å². The third-order valence-electron chi connectivity index (χ3n) is 4.69. The molecule has 0 saturated carbocycles. The van der Waals surface area contributed by atoms with Gasteiger partial charge in [-0.2, -0.15) is 0 Å². The van der Waals surface area contributed by atoms with Gasteiger partial charge in [0.05, 0.1) is 0 Å². The summed E-state index contributed by atoms with van der Waals surface area (Å²) in [6, 6.07) is 13.6. The lowest BCUT2D eigenvalue weighted by Crippen LogP contribution is -2.20. The maximum Gasteiger partial charge on any atom is 0.248 e. The lowest BCUT2D eigenvalue weighted by Gasteiger charge is -2.17. The van der Waals surface area contributed by atoms with Gasteiger partial charge in [0.15, 0.2) is 11.5 Å². The van der Waals surface area contributed by atoms with Gasteiger partial charge in [-0.1, -0.05) is 24.3 Å². The number of carbonyl (C=O) groups excluding carboxylic acids is 1. The van der Waals surface area contributed by atoms with E-state index >= 15 is 0 Å². The number of ether oxygens (including phenoxy) is 2. The smallest absolute Gasteiger partial charge is 0.248 e. The summed E-state index contributed by atoms with van der Waals surface area (Å²) in [6.07, 6.45) is 5.84. The third kappa shape index (κ3) is 3.89. The minimum atomic E-state index is -0.142. The van der Waals surface area contributed by atoms with Crippen LogP contribution in [0.4, 0.5) is 5.69 Å². The molecule has 2 aliphatic rings. The van der Waals surface area contributed by atoms with Crippen LogP contribution in [0.25, 0.3) is 6.08 Å². The zero-order valence-electron chi connectivity index (χ0n) is 14.6. The van der Waals surface area contributed by atoms with Crippen LogP contribution in [0, 0.1) is 0 Å². The number of nitrogens with zero attached hydrogens (tertiary/aromatic N) is 1. The van der Waals surface area contributed by atoms with E-state index in [-0.39, 0.29) is 12.7 Å². The first-order valence-electron chi connectivity index (χ1n) is 8.97. The minimum absolute atomic E-state index is 0.142. The van der Waals surface area contributed by atoms with Crippen LogP contribution in [0.5, 0.6) is 11.5 Å². The fourth-order valence-electron chi connectivity index (χ4n) is 3.32. The number of hydrogen-bond acceptors (Lipinski definition) is 4. The average Bonchev–Trinajstić information content (AvgIpc) is 3.32. The standard InChI is InChI=1S/C21H22N2O3/c24-21(10-8-16-7-9-19-20(13-16)26-15-25-19)22-18-6-2-1-5-17(18)14-23-11-3-4-12-23/h1-2,5-10,13H,3-4,11-12,14-15H2,(H,22,24)/b10-8+. The van der Waals surface area contributed by atoms with Crippen molar-refractivity contribution in [2.24, 2.45) is 0 Å². The van der Waals surface area contributed by atoms with Crippen LogP contribution in [0.1, 0.15) is 24.0 Å². The number of fused-ring (bicyclic) bond motifs is 1. The summed E-state index contributed by atoms with van der Waals surface area (Å²) in [7, 11) is 0. The summed E-state index contributed by atoms with van der Waals surface area (Å²) in [5.41, 5.74) is 2.92. The van der Waals surface area contributed by atoms with Gasteiger partial charge in [0.2, 0.25) is 12.7 Å². The second kappa shape index (κ2) is 7.62. The Bertz CT molecular complexity index is 826. The lowest BCUT2D eigenvalue weighted by atomic mass is 10.1. The largest absolute Gasteiger partial charge is 0.454 e. The molecule has 1 saturated heterocycles. The number of rotatable bonds is 5. The molecule has 5 nitrogen and oxygen atoms in total. The van der Waals surface area contributed by atoms with Gasteiger partial charge in [-0.05, 0) is 61.3 Å². The number of amides is 1. The van der Waals surface area contributed by atoms with E-state index in [0.29, 0.717) is 5.75 Å². The summed E-state index contributed by atoms with van der Waals surface area (Å²) < 4.78 is 10.7. The average molecular weight is 350 g/mol. The van der Waals surface area contributed by atoms with Crippen molar-refractivity contribution < 1.29 is 14.3 Å². The SMILES string of the molecule is O=C(/C=C/c1ccc2c(c1)OCO2)Nc1ccccc1CN1CCCC1. The first-order valence-corrected chi connectivity index (χ1v) is 8.97. The first kappa shape index (κ1) is 16.7. The molecule has 2 aromatic rings. The Kier molecular flexibility index (Phi) is 4.88. The number of para-hydroxylation sites is 1. The summed E-state index contributed by atoms with van der Waals surface area (Å²) in [5.74, 6) is 1.31. The first-order chi connectivity index (χ1) is 12.8. The number of hydrogen-bond donors (Lipinski definition) is 1. The predicted molar refractivity (Wildman–Crippen MR) is 101 cm³/mol. The van der Waals surface area contributed by atoms with E-state index in [1.165, 1.54) is 12.8 Å². The van der Waals surface area contributed by atoms with Gasteiger partial charge in [-0.15, -0.1) is 0 Å². The fraction of sp³-hybridized carbons (Fsp3) is 0.286. The third-order valence-corrected chi connectivity index (χ3v) is 4.69. The maximum absolute atomic E-state index is 12.3. The van der Waals surface area contributed by atoms with Gasteiger partial charge in [0, 0.05) is 18.3 Å². The van der Waals surface area contributed by atoms with Gasteiger partial charge in [-0.3, -0.25) is 9.69 Å². The van der Waals surface area contributed by atoms with E-state index in [1.54, 1.807) is 12.2 Å². The van der Waals surface area contributed by atoms with Crippen molar-refractivity contribution in [3.63, 3.8) is 0 Å². The topological polar surface area (TPSA) is 50.8 Å². The molecule has 1 N–H and O–H groups in total. The number of likely N-dealkylation sites (tertiary alicyclic amines) is 1. The van der Waals surface area contributed by atoms with Crippen LogP contribution in [-0.4, -0.2) is 30.7 Å². The molecule has 5 heteroatoms. The zero-order valence-corrected chi connectivity index (χ0v) is 14.6. The number of carbonyl (C=O) groups is 1. The Hall–Kier alpha value is -2.79. The van der Waals surface area contributed by atoms with Crippen LogP contribution < -0.4 is 14.8 Å². The monoisotopic (exact) mass is 350 g/mol. The van der Waals surface area contributed by atoms with E-state index < -0.39 is 0 Å². The molecule has 0 atom stereocenters. The molecule has 0 spiro atoms. The zero-order chi connectivity index (χ0) is 17.8. The molecule has 0 bridgehead atoms. The second-order valence-electron chi connectivity index (χ2n) is 6.58. The van der Waals surface area contributed by atoms with Crippen molar-refractivity contribution >= 4 is 17.7 Å². The molecule has 0 unspecified atom stereocenters. The van der Waals surface area contributed by atoms with Crippen molar-refractivity contribution in [2.75, 3.05) is 25.2 Å². The molecular weight excluding hydrogens is 328 g/mol. The highest BCUT2D eigenvalue weighted by molar-refractivity contribution is 6.02. The number of anilines is 1. The fourth-order valence-corrected chi connectivity index (χ4v) is 3.32. The van der Waals surface area contributed by atoms with Gasteiger partial charge >= 0.3 is 0 Å². The van der Waals surface area contributed by atoms with E-state index in [9.17, 15) is 4.79 Å². The van der Waals surface area contributed by atoms with Gasteiger partial charge in [0.25, 0.3) is 0 Å². The van der Waals surface area contributed by atoms with Crippen molar-refractivity contribution in [1.29, 1.82) is 0 Å². The van der Waals surface area contributed by atoms with Crippen LogP contribution in [0.2, 0.25) is 0 Å². The highest BCUT2D eigenvalue weighted by Crippen LogP contribution is 2.32. The van der Waals surface area contributed by atoms with Crippen molar-refractivity contribution in [2.45, 2.75) is 19.4 Å². The van der Waals surface area contributed by atoms with E-state index in [4.69, 9.17) is 9.47 Å². The molecule has 26 heavy (non-hydrogen) atoms. The Morgan fingerprint density at radius 3 is 2.77 bits per heavy atom. The quantitative estimate of drug-likeness (QED) is 0.836. The number of benzene rings is 2. The molecule has 2 aromatic carbocycles. The molecular formula is C21H22N2O3. The summed E-state index contributed by atoms with van der Waals surface area (Å²) in [6.45, 7) is 3.39. The molecule has 0 radical (unpaired) electrons. The van der Waals surface area contributed by atoms with E-state index in [1.807, 2.05) is 36.4 Å². The molecule has 0 aromatic heterocycles. The Morgan fingerprint density at radius 2 is 1.88 bits per heavy atom. The second-order valence-corrected chi connectivity index (χ2v) is 6.58. The van der Waals surface area contributed by atoms with Crippen molar-refractivity contribution in [1.82, 2.24) is 4.90 Å². The highest BCUT2D eigenvalue weighted by atomic mass is 16.7. The van der Waals surface area contributed by atoms with E-state index in [2.05, 4.69) is 16.3 Å². The Balaban J connectivity index is 1.41. The van der Waals surface area contributed by atoms with Crippen molar-refractivity contribution in [3.05, 3.63) is 59.7 Å². The van der Waals surface area contributed by atoms with Gasteiger partial charge in [-0.25, -0.2) is 0 Å². The molecule has 1 fully saturated rings. The lowest BCUT2D eigenvalue weighted by molar-refractivity contribution is -0.111. The molecule has 1 amide bonds. The normalized spacial score (nSPS) is 16.3. The van der Waals surface area contributed by atoms with Crippen LogP contribution >= 0.6 is 0 Å². The minimum Gasteiger partial charge on any atom is -0.454 e. The Labute approximate surface area is 153 Å². The van der Waals surface area contributed by atoms with Crippen LogP contribution in [0.15, 0.2) is 48.5 Å². The van der Waals surface area contributed by atoms with Crippen LogP contribution in [-0.2, 0) is 11.3 Å². The van der Waals surface area contributed by atoms with Crippen molar-refractivity contribution in [3.8, 4) is 11.5 Å². The number of nitrogens with one attached hydrogen (secondary N) is 1. The molecule has 4 rings (SSSR count). The molecule has 134 valence electrons. The van der Waals surface area contributed by atoms with Gasteiger partial charge < -0.3 is 14.8 Å².